The van der Waals surface area contributed by atoms with E-state index >= 15 is 0 Å². The van der Waals surface area contributed by atoms with Gasteiger partial charge in [-0.15, -0.1) is 5.10 Å². The molecule has 20 heavy (non-hydrogen) atoms. The number of rotatable bonds is 8. The Morgan fingerprint density at radius 3 is 2.80 bits per heavy atom. The van der Waals surface area contributed by atoms with Crippen LogP contribution in [0.5, 0.6) is 0 Å². The van der Waals surface area contributed by atoms with Gasteiger partial charge in [-0.25, -0.2) is 4.68 Å². The number of thioether (sulfide) groups is 1. The lowest BCUT2D eigenvalue weighted by molar-refractivity contribution is 0.199. The van der Waals surface area contributed by atoms with Crippen LogP contribution < -0.4 is 5.32 Å². The van der Waals surface area contributed by atoms with Crippen molar-refractivity contribution in [1.29, 1.82) is 0 Å². The van der Waals surface area contributed by atoms with Gasteiger partial charge in [0.25, 0.3) is 0 Å². The van der Waals surface area contributed by atoms with Gasteiger partial charge in [-0.1, -0.05) is 37.4 Å². The molecule has 1 aromatic heterocycles. The van der Waals surface area contributed by atoms with Crippen LogP contribution >= 0.6 is 11.8 Å². The summed E-state index contributed by atoms with van der Waals surface area (Å²) < 4.78 is 6.91. The Bertz CT molecular complexity index is 365. The molecule has 0 aliphatic heterocycles. The molecule has 1 fully saturated rings. The van der Waals surface area contributed by atoms with Gasteiger partial charge in [-0.05, 0) is 23.3 Å². The SMILES string of the molecule is COCCNCCn1nnnc1SC1CCCCCC1. The summed E-state index contributed by atoms with van der Waals surface area (Å²) in [6, 6.07) is 0. The number of tetrazole rings is 1. The Balaban J connectivity index is 1.75. The predicted octanol–water partition coefficient (Wildman–Crippen LogP) is 1.72. The Morgan fingerprint density at radius 2 is 2.05 bits per heavy atom. The zero-order valence-electron chi connectivity index (χ0n) is 12.3. The molecule has 1 aliphatic carbocycles. The van der Waals surface area contributed by atoms with Gasteiger partial charge in [0.1, 0.15) is 0 Å². The molecule has 0 amide bonds. The van der Waals surface area contributed by atoms with Gasteiger partial charge in [0.15, 0.2) is 0 Å². The normalized spacial score (nSPS) is 17.2. The fraction of sp³-hybridized carbons (Fsp3) is 0.923. The van der Waals surface area contributed by atoms with E-state index in [9.17, 15) is 0 Å². The Kier molecular flexibility index (Phi) is 7.32. The molecule has 0 spiro atoms. The highest BCUT2D eigenvalue weighted by atomic mass is 32.2. The molecule has 0 saturated heterocycles. The lowest BCUT2D eigenvalue weighted by atomic mass is 10.2. The maximum Gasteiger partial charge on any atom is 0.209 e. The van der Waals surface area contributed by atoms with Crippen molar-refractivity contribution >= 4 is 11.8 Å². The van der Waals surface area contributed by atoms with Crippen LogP contribution in [0, 0.1) is 0 Å². The third kappa shape index (κ3) is 5.38. The van der Waals surface area contributed by atoms with Crippen molar-refractivity contribution in [3.63, 3.8) is 0 Å². The minimum Gasteiger partial charge on any atom is -0.383 e. The largest absolute Gasteiger partial charge is 0.383 e. The number of methoxy groups -OCH3 is 1. The van der Waals surface area contributed by atoms with Crippen LogP contribution in [0.2, 0.25) is 0 Å². The highest BCUT2D eigenvalue weighted by molar-refractivity contribution is 7.99. The molecule has 0 aromatic carbocycles. The Hall–Kier alpha value is -0.660. The third-order valence-corrected chi connectivity index (χ3v) is 4.86. The van der Waals surface area contributed by atoms with Crippen molar-refractivity contribution in [2.75, 3.05) is 26.8 Å². The summed E-state index contributed by atoms with van der Waals surface area (Å²) in [4.78, 5) is 0. The first-order valence-corrected chi connectivity index (χ1v) is 8.40. The van der Waals surface area contributed by atoms with E-state index in [4.69, 9.17) is 4.74 Å². The second-order valence-electron chi connectivity index (χ2n) is 5.16. The summed E-state index contributed by atoms with van der Waals surface area (Å²) >= 11 is 1.85. The van der Waals surface area contributed by atoms with Crippen LogP contribution in [0.15, 0.2) is 5.16 Å². The molecule has 2 rings (SSSR count). The lowest BCUT2D eigenvalue weighted by Crippen LogP contribution is -2.24. The predicted molar refractivity (Wildman–Crippen MR) is 79.9 cm³/mol. The molecule has 0 atom stereocenters. The van der Waals surface area contributed by atoms with Gasteiger partial charge in [-0.3, -0.25) is 0 Å². The molecule has 1 heterocycles. The molecular formula is C13H25N5OS. The van der Waals surface area contributed by atoms with Gasteiger partial charge >= 0.3 is 0 Å². The average molecular weight is 299 g/mol. The van der Waals surface area contributed by atoms with Crippen LogP contribution in [-0.2, 0) is 11.3 Å². The van der Waals surface area contributed by atoms with Gasteiger partial charge in [0.05, 0.1) is 13.2 Å². The third-order valence-electron chi connectivity index (χ3n) is 3.56. The van der Waals surface area contributed by atoms with E-state index in [1.54, 1.807) is 7.11 Å². The first-order valence-electron chi connectivity index (χ1n) is 7.52. The average Bonchev–Trinajstić information content (AvgIpc) is 2.72. The molecule has 1 aliphatic rings. The van der Waals surface area contributed by atoms with Crippen molar-refractivity contribution < 1.29 is 4.74 Å². The number of nitrogens with one attached hydrogen (secondary N) is 1. The molecular weight excluding hydrogens is 274 g/mol. The Morgan fingerprint density at radius 1 is 1.25 bits per heavy atom. The van der Waals surface area contributed by atoms with Gasteiger partial charge in [0, 0.05) is 25.4 Å². The zero-order chi connectivity index (χ0) is 14.0. The first kappa shape index (κ1) is 15.7. The van der Waals surface area contributed by atoms with Gasteiger partial charge in [-0.2, -0.15) is 0 Å². The van der Waals surface area contributed by atoms with E-state index < -0.39 is 0 Å². The smallest absolute Gasteiger partial charge is 0.209 e. The molecule has 0 unspecified atom stereocenters. The molecule has 1 saturated carbocycles. The molecule has 1 N–H and O–H groups in total. The maximum atomic E-state index is 5.00. The van der Waals surface area contributed by atoms with Crippen LogP contribution in [0.4, 0.5) is 0 Å². The Labute approximate surface area is 125 Å². The van der Waals surface area contributed by atoms with E-state index in [0.29, 0.717) is 5.25 Å². The van der Waals surface area contributed by atoms with Crippen molar-refractivity contribution in [2.24, 2.45) is 0 Å². The molecule has 7 heteroatoms. The second-order valence-corrected chi connectivity index (χ2v) is 6.43. The number of hydrogen-bond donors (Lipinski definition) is 1. The highest BCUT2D eigenvalue weighted by Crippen LogP contribution is 2.31. The number of hydrogen-bond acceptors (Lipinski definition) is 6. The molecule has 0 bridgehead atoms. The van der Waals surface area contributed by atoms with E-state index in [-0.39, 0.29) is 0 Å². The fourth-order valence-electron chi connectivity index (χ4n) is 2.41. The second kappa shape index (κ2) is 9.31. The minimum absolute atomic E-state index is 0.684. The van der Waals surface area contributed by atoms with E-state index in [2.05, 4.69) is 20.8 Å². The monoisotopic (exact) mass is 299 g/mol. The van der Waals surface area contributed by atoms with E-state index in [1.165, 1.54) is 38.5 Å². The summed E-state index contributed by atoms with van der Waals surface area (Å²) in [6.45, 7) is 3.28. The van der Waals surface area contributed by atoms with Crippen LogP contribution in [-0.4, -0.2) is 52.3 Å². The summed E-state index contributed by atoms with van der Waals surface area (Å²) in [5, 5.41) is 17.0. The topological polar surface area (TPSA) is 64.9 Å². The molecule has 6 nitrogen and oxygen atoms in total. The lowest BCUT2D eigenvalue weighted by Gasteiger charge is -2.12. The zero-order valence-corrected chi connectivity index (χ0v) is 13.1. The van der Waals surface area contributed by atoms with E-state index in [0.717, 1.165) is 31.4 Å². The van der Waals surface area contributed by atoms with E-state index in [1.807, 2.05) is 16.4 Å². The summed E-state index contributed by atoms with van der Waals surface area (Å²) in [5.41, 5.74) is 0. The van der Waals surface area contributed by atoms with Gasteiger partial charge in [0.2, 0.25) is 5.16 Å². The number of ether oxygens (including phenoxy) is 1. The van der Waals surface area contributed by atoms with Crippen molar-refractivity contribution in [3.05, 3.63) is 0 Å². The van der Waals surface area contributed by atoms with Crippen molar-refractivity contribution in [3.8, 4) is 0 Å². The molecule has 1 aromatic rings. The van der Waals surface area contributed by atoms with Crippen molar-refractivity contribution in [2.45, 2.75) is 55.5 Å². The first-order chi connectivity index (χ1) is 9.90. The van der Waals surface area contributed by atoms with Crippen LogP contribution in [0.25, 0.3) is 0 Å². The molecule has 114 valence electrons. The van der Waals surface area contributed by atoms with Crippen molar-refractivity contribution in [1.82, 2.24) is 25.5 Å². The fourth-order valence-corrected chi connectivity index (χ4v) is 3.61. The van der Waals surface area contributed by atoms with Crippen LogP contribution in [0.1, 0.15) is 38.5 Å². The number of aromatic nitrogens is 4. The summed E-state index contributed by atoms with van der Waals surface area (Å²) in [6.07, 6.45) is 8.04. The highest BCUT2D eigenvalue weighted by Gasteiger charge is 2.17. The van der Waals surface area contributed by atoms with Gasteiger partial charge < -0.3 is 10.1 Å². The number of nitrogens with zero attached hydrogens (tertiary/aromatic N) is 4. The minimum atomic E-state index is 0.684. The maximum absolute atomic E-state index is 5.00. The summed E-state index contributed by atoms with van der Waals surface area (Å²) in [7, 11) is 1.71. The quantitative estimate of drug-likeness (QED) is 0.582. The molecule has 0 radical (unpaired) electrons. The summed E-state index contributed by atoms with van der Waals surface area (Å²) in [5.74, 6) is 0. The standard InChI is InChI=1S/C13H25N5OS/c1-19-11-9-14-8-10-18-13(15-16-17-18)20-12-6-4-2-3-5-7-12/h12,14H,2-11H2,1H3. The van der Waals surface area contributed by atoms with Crippen LogP contribution in [0.3, 0.4) is 0 Å².